The lowest BCUT2D eigenvalue weighted by Gasteiger charge is -2.36. The number of piperazine rings is 1. The molecule has 0 aliphatic carbocycles. The first kappa shape index (κ1) is 18.5. The van der Waals surface area contributed by atoms with E-state index in [0.717, 1.165) is 56.4 Å². The number of halogens is 1. The van der Waals surface area contributed by atoms with Crippen molar-refractivity contribution < 1.29 is 9.90 Å². The van der Waals surface area contributed by atoms with Crippen LogP contribution in [0.1, 0.15) is 16.9 Å². The molecule has 0 unspecified atom stereocenters. The van der Waals surface area contributed by atoms with Crippen molar-refractivity contribution in [2.45, 2.75) is 6.42 Å². The van der Waals surface area contributed by atoms with Crippen LogP contribution in [0.25, 0.3) is 0 Å². The zero-order valence-corrected chi connectivity index (χ0v) is 15.3. The lowest BCUT2D eigenvalue weighted by molar-refractivity contribution is 0.0690. The van der Waals surface area contributed by atoms with Crippen molar-refractivity contribution in [1.29, 1.82) is 0 Å². The molecular formula is C19H23ClN4O2. The molecule has 1 aliphatic heterocycles. The summed E-state index contributed by atoms with van der Waals surface area (Å²) in [6.45, 7) is 5.73. The van der Waals surface area contributed by atoms with E-state index in [0.29, 0.717) is 5.82 Å². The van der Waals surface area contributed by atoms with Crippen molar-refractivity contribution in [2.75, 3.05) is 49.5 Å². The number of carboxylic acid groups (broad SMARTS) is 1. The lowest BCUT2D eigenvalue weighted by atomic mass is 10.2. The second-order valence-electron chi connectivity index (χ2n) is 6.27. The lowest BCUT2D eigenvalue weighted by Crippen LogP contribution is -2.46. The van der Waals surface area contributed by atoms with Crippen molar-refractivity contribution in [3.05, 3.63) is 53.2 Å². The molecule has 3 rings (SSSR count). The number of hydrogen-bond donors (Lipinski definition) is 2. The van der Waals surface area contributed by atoms with Crippen molar-refractivity contribution in [2.24, 2.45) is 0 Å². The summed E-state index contributed by atoms with van der Waals surface area (Å²) in [6.07, 6.45) is 0.977. The molecule has 2 aromatic rings. The summed E-state index contributed by atoms with van der Waals surface area (Å²) in [4.78, 5) is 19.8. The number of hydrogen-bond acceptors (Lipinski definition) is 5. The van der Waals surface area contributed by atoms with E-state index in [9.17, 15) is 4.79 Å². The molecule has 7 heteroatoms. The van der Waals surface area contributed by atoms with E-state index in [4.69, 9.17) is 16.7 Å². The smallest absolute Gasteiger partial charge is 0.354 e. The first-order valence-electron chi connectivity index (χ1n) is 8.79. The van der Waals surface area contributed by atoms with Crippen LogP contribution in [-0.4, -0.2) is 60.2 Å². The number of nitrogens with zero attached hydrogens (tertiary/aromatic N) is 3. The van der Waals surface area contributed by atoms with Gasteiger partial charge in [-0.3, -0.25) is 4.90 Å². The van der Waals surface area contributed by atoms with Crippen LogP contribution >= 0.6 is 11.6 Å². The average Bonchev–Trinajstić information content (AvgIpc) is 2.66. The highest BCUT2D eigenvalue weighted by molar-refractivity contribution is 6.33. The SMILES string of the molecule is O=C(O)c1cccc(NCCCN2CCN(c3ccccc3Cl)CC2)n1. The Labute approximate surface area is 158 Å². The Bertz CT molecular complexity index is 748. The number of aromatic carboxylic acids is 1. The van der Waals surface area contributed by atoms with Crippen LogP contribution in [0, 0.1) is 0 Å². The minimum Gasteiger partial charge on any atom is -0.477 e. The zero-order valence-electron chi connectivity index (χ0n) is 14.6. The summed E-state index contributed by atoms with van der Waals surface area (Å²) in [5.74, 6) is -0.404. The Kier molecular flexibility index (Phi) is 6.30. The van der Waals surface area contributed by atoms with Gasteiger partial charge in [0.1, 0.15) is 5.82 Å². The number of anilines is 2. The minimum atomic E-state index is -1.01. The predicted molar refractivity (Wildman–Crippen MR) is 104 cm³/mol. The molecule has 0 radical (unpaired) electrons. The fraction of sp³-hybridized carbons (Fsp3) is 0.368. The maximum Gasteiger partial charge on any atom is 0.354 e. The molecule has 2 N–H and O–H groups in total. The Hall–Kier alpha value is -2.31. The highest BCUT2D eigenvalue weighted by Gasteiger charge is 2.18. The number of aromatic nitrogens is 1. The molecule has 0 bridgehead atoms. The van der Waals surface area contributed by atoms with Crippen LogP contribution in [-0.2, 0) is 0 Å². The third-order valence-electron chi connectivity index (χ3n) is 4.49. The van der Waals surface area contributed by atoms with Crippen LogP contribution in [0.15, 0.2) is 42.5 Å². The van der Waals surface area contributed by atoms with Gasteiger partial charge >= 0.3 is 5.97 Å². The molecule has 1 aliphatic rings. The molecule has 0 saturated carbocycles. The molecule has 1 saturated heterocycles. The Morgan fingerprint density at radius 1 is 1.12 bits per heavy atom. The fourth-order valence-electron chi connectivity index (χ4n) is 3.09. The van der Waals surface area contributed by atoms with Crippen LogP contribution in [0.2, 0.25) is 5.02 Å². The molecule has 138 valence electrons. The van der Waals surface area contributed by atoms with Crippen LogP contribution < -0.4 is 10.2 Å². The van der Waals surface area contributed by atoms with Gasteiger partial charge in [-0.2, -0.15) is 0 Å². The van der Waals surface area contributed by atoms with Gasteiger partial charge in [0, 0.05) is 32.7 Å². The topological polar surface area (TPSA) is 68.7 Å². The monoisotopic (exact) mass is 374 g/mol. The standard InChI is InChI=1S/C19H23ClN4O2/c20-15-5-1-2-7-17(15)24-13-11-23(12-14-24)10-4-9-21-18-8-3-6-16(22-18)19(25)26/h1-3,5-8H,4,9-14H2,(H,21,22)(H,25,26). The van der Waals surface area contributed by atoms with Gasteiger partial charge < -0.3 is 15.3 Å². The summed E-state index contributed by atoms with van der Waals surface area (Å²) in [6, 6.07) is 13.0. The first-order valence-corrected chi connectivity index (χ1v) is 9.17. The van der Waals surface area contributed by atoms with E-state index in [2.05, 4.69) is 26.2 Å². The second-order valence-corrected chi connectivity index (χ2v) is 6.68. The van der Waals surface area contributed by atoms with Crippen LogP contribution in [0.5, 0.6) is 0 Å². The van der Waals surface area contributed by atoms with Gasteiger partial charge in [-0.15, -0.1) is 0 Å². The van der Waals surface area contributed by atoms with Gasteiger partial charge in [-0.05, 0) is 37.2 Å². The number of pyridine rings is 1. The van der Waals surface area contributed by atoms with Crippen molar-refractivity contribution in [1.82, 2.24) is 9.88 Å². The summed E-state index contributed by atoms with van der Waals surface area (Å²) < 4.78 is 0. The van der Waals surface area contributed by atoms with Gasteiger partial charge in [-0.25, -0.2) is 9.78 Å². The highest BCUT2D eigenvalue weighted by Crippen LogP contribution is 2.25. The molecule has 0 amide bonds. The summed E-state index contributed by atoms with van der Waals surface area (Å²) >= 11 is 6.28. The number of carbonyl (C=O) groups is 1. The molecule has 0 spiro atoms. The molecule has 1 aromatic carbocycles. The van der Waals surface area contributed by atoms with Gasteiger partial charge in [0.15, 0.2) is 5.69 Å². The highest BCUT2D eigenvalue weighted by atomic mass is 35.5. The molecule has 1 fully saturated rings. The predicted octanol–water partition coefficient (Wildman–Crippen LogP) is 3.06. The Balaban J connectivity index is 1.39. The van der Waals surface area contributed by atoms with E-state index >= 15 is 0 Å². The number of carboxylic acids is 1. The number of nitrogens with one attached hydrogen (secondary N) is 1. The van der Waals surface area contributed by atoms with Gasteiger partial charge in [0.2, 0.25) is 0 Å². The molecular weight excluding hydrogens is 352 g/mol. The quantitative estimate of drug-likeness (QED) is 0.726. The second kappa shape index (κ2) is 8.87. The number of rotatable bonds is 7. The maximum atomic E-state index is 10.9. The van der Waals surface area contributed by atoms with Gasteiger partial charge in [0.25, 0.3) is 0 Å². The van der Waals surface area contributed by atoms with E-state index in [-0.39, 0.29) is 5.69 Å². The third kappa shape index (κ3) is 4.86. The van der Waals surface area contributed by atoms with Crippen molar-refractivity contribution in [3.63, 3.8) is 0 Å². The van der Waals surface area contributed by atoms with E-state index in [1.807, 2.05) is 18.2 Å². The summed E-state index contributed by atoms with van der Waals surface area (Å²) in [5, 5.41) is 13.0. The van der Waals surface area contributed by atoms with Crippen molar-refractivity contribution >= 4 is 29.1 Å². The Morgan fingerprint density at radius 2 is 1.88 bits per heavy atom. The van der Waals surface area contributed by atoms with E-state index in [1.54, 1.807) is 12.1 Å². The minimum absolute atomic E-state index is 0.0608. The molecule has 1 aromatic heterocycles. The summed E-state index contributed by atoms with van der Waals surface area (Å²) in [7, 11) is 0. The van der Waals surface area contributed by atoms with Crippen LogP contribution in [0.3, 0.4) is 0 Å². The third-order valence-corrected chi connectivity index (χ3v) is 4.81. The normalized spacial score (nSPS) is 15.0. The van der Waals surface area contributed by atoms with E-state index in [1.165, 1.54) is 6.07 Å². The average molecular weight is 375 g/mol. The number of benzene rings is 1. The molecule has 2 heterocycles. The molecule has 6 nitrogen and oxygen atoms in total. The van der Waals surface area contributed by atoms with Crippen LogP contribution in [0.4, 0.5) is 11.5 Å². The zero-order chi connectivity index (χ0) is 18.4. The number of para-hydroxylation sites is 1. The maximum absolute atomic E-state index is 10.9. The van der Waals surface area contributed by atoms with Gasteiger partial charge in [0.05, 0.1) is 10.7 Å². The largest absolute Gasteiger partial charge is 0.477 e. The summed E-state index contributed by atoms with van der Waals surface area (Å²) in [5.41, 5.74) is 1.17. The molecule has 0 atom stereocenters. The Morgan fingerprint density at radius 3 is 2.62 bits per heavy atom. The van der Waals surface area contributed by atoms with Crippen molar-refractivity contribution in [3.8, 4) is 0 Å². The molecule has 26 heavy (non-hydrogen) atoms. The van der Waals surface area contributed by atoms with E-state index < -0.39 is 5.97 Å². The van der Waals surface area contributed by atoms with Gasteiger partial charge in [-0.1, -0.05) is 29.8 Å². The fourth-order valence-corrected chi connectivity index (χ4v) is 3.35. The first-order chi connectivity index (χ1) is 12.6.